The molecular weight excluding hydrogens is 370 g/mol. The lowest BCUT2D eigenvalue weighted by Gasteiger charge is -2.04. The molecule has 0 aliphatic heterocycles. The largest absolute Gasteiger partial charge is 0.469 e. The molecule has 26 heavy (non-hydrogen) atoms. The van der Waals surface area contributed by atoms with E-state index in [2.05, 4.69) is 15.6 Å². The van der Waals surface area contributed by atoms with Crippen LogP contribution in [0.4, 0.5) is 10.8 Å². The molecule has 0 radical (unpaired) electrons. The standard InChI is InChI=1S/C18H17N3O3S2/c1-11-15(7-8-24-11)17(23)21-18-20-13(10-26-18)9-16(22)19-12-3-5-14(25-2)6-4-12/h3-8,10H,9H2,1-2H3,(H,19,22)(H,20,21,23). The fraction of sp³-hybridized carbons (Fsp3) is 0.167. The van der Waals surface area contributed by atoms with Gasteiger partial charge in [0.05, 0.1) is 23.9 Å². The van der Waals surface area contributed by atoms with Crippen LogP contribution in [0, 0.1) is 6.92 Å². The molecule has 6 nitrogen and oxygen atoms in total. The minimum atomic E-state index is -0.282. The lowest BCUT2D eigenvalue weighted by molar-refractivity contribution is -0.115. The minimum Gasteiger partial charge on any atom is -0.469 e. The van der Waals surface area contributed by atoms with Crippen molar-refractivity contribution in [3.63, 3.8) is 0 Å². The van der Waals surface area contributed by atoms with Gasteiger partial charge in [0.2, 0.25) is 5.91 Å². The number of anilines is 2. The van der Waals surface area contributed by atoms with Crippen molar-refractivity contribution in [2.45, 2.75) is 18.2 Å². The van der Waals surface area contributed by atoms with Crippen LogP contribution in [0.1, 0.15) is 21.8 Å². The third-order valence-electron chi connectivity index (χ3n) is 3.59. The third kappa shape index (κ3) is 4.53. The number of furan rings is 1. The van der Waals surface area contributed by atoms with Gasteiger partial charge in [-0.15, -0.1) is 23.1 Å². The molecule has 0 spiro atoms. The van der Waals surface area contributed by atoms with Crippen molar-refractivity contribution < 1.29 is 14.0 Å². The van der Waals surface area contributed by atoms with Crippen LogP contribution in [0.3, 0.4) is 0 Å². The summed E-state index contributed by atoms with van der Waals surface area (Å²) in [4.78, 5) is 29.7. The number of aryl methyl sites for hydroxylation is 1. The van der Waals surface area contributed by atoms with Crippen LogP contribution in [-0.4, -0.2) is 23.1 Å². The summed E-state index contributed by atoms with van der Waals surface area (Å²) in [5, 5.41) is 7.76. The molecule has 8 heteroatoms. The quantitative estimate of drug-likeness (QED) is 0.619. The summed E-state index contributed by atoms with van der Waals surface area (Å²) in [5.74, 6) is 0.109. The number of nitrogens with zero attached hydrogens (tertiary/aromatic N) is 1. The number of aromatic nitrogens is 1. The molecule has 2 amide bonds. The second-order valence-corrected chi connectivity index (χ2v) is 7.18. The molecule has 0 fully saturated rings. The fourth-order valence-corrected chi connectivity index (χ4v) is 3.39. The molecule has 0 atom stereocenters. The maximum absolute atomic E-state index is 12.1. The normalized spacial score (nSPS) is 10.5. The fourth-order valence-electron chi connectivity index (χ4n) is 2.27. The van der Waals surface area contributed by atoms with E-state index < -0.39 is 0 Å². The van der Waals surface area contributed by atoms with Gasteiger partial charge in [-0.3, -0.25) is 14.9 Å². The van der Waals surface area contributed by atoms with Gasteiger partial charge in [0.1, 0.15) is 5.76 Å². The van der Waals surface area contributed by atoms with E-state index in [4.69, 9.17) is 4.42 Å². The van der Waals surface area contributed by atoms with Crippen molar-refractivity contribution in [1.29, 1.82) is 0 Å². The number of benzene rings is 1. The Labute approximate surface area is 159 Å². The molecule has 2 heterocycles. The van der Waals surface area contributed by atoms with Gasteiger partial charge in [0.15, 0.2) is 5.13 Å². The van der Waals surface area contributed by atoms with Gasteiger partial charge in [0.25, 0.3) is 5.91 Å². The van der Waals surface area contributed by atoms with Crippen molar-refractivity contribution in [3.8, 4) is 0 Å². The van der Waals surface area contributed by atoms with Crippen LogP contribution in [0.25, 0.3) is 0 Å². The molecule has 2 N–H and O–H groups in total. The van der Waals surface area contributed by atoms with Gasteiger partial charge >= 0.3 is 0 Å². The van der Waals surface area contributed by atoms with E-state index in [1.165, 1.54) is 17.6 Å². The van der Waals surface area contributed by atoms with E-state index in [-0.39, 0.29) is 18.2 Å². The molecule has 2 aromatic heterocycles. The number of nitrogens with one attached hydrogen (secondary N) is 2. The van der Waals surface area contributed by atoms with Gasteiger partial charge in [-0.25, -0.2) is 4.98 Å². The first kappa shape index (κ1) is 18.2. The molecule has 3 aromatic rings. The number of hydrogen-bond acceptors (Lipinski definition) is 6. The average Bonchev–Trinajstić information content (AvgIpc) is 3.24. The van der Waals surface area contributed by atoms with Crippen molar-refractivity contribution >= 4 is 45.7 Å². The molecule has 0 unspecified atom stereocenters. The van der Waals surface area contributed by atoms with E-state index in [9.17, 15) is 9.59 Å². The number of thioether (sulfide) groups is 1. The summed E-state index contributed by atoms with van der Waals surface area (Å²) in [5.41, 5.74) is 1.81. The first-order valence-corrected chi connectivity index (χ1v) is 9.89. The van der Waals surface area contributed by atoms with Crippen molar-refractivity contribution in [3.05, 3.63) is 59.0 Å². The summed E-state index contributed by atoms with van der Waals surface area (Å²) in [6.45, 7) is 1.72. The molecule has 0 aliphatic rings. The molecule has 134 valence electrons. The number of rotatable bonds is 6. The van der Waals surface area contributed by atoms with Gasteiger partial charge in [0, 0.05) is 16.0 Å². The average molecular weight is 387 g/mol. The third-order valence-corrected chi connectivity index (χ3v) is 5.14. The zero-order valence-corrected chi connectivity index (χ0v) is 15.9. The lowest BCUT2D eigenvalue weighted by atomic mass is 10.2. The topological polar surface area (TPSA) is 84.2 Å². The monoisotopic (exact) mass is 387 g/mol. The van der Waals surface area contributed by atoms with E-state index in [1.54, 1.807) is 30.1 Å². The second-order valence-electron chi connectivity index (χ2n) is 5.44. The Hall–Kier alpha value is -2.58. The van der Waals surface area contributed by atoms with Crippen LogP contribution < -0.4 is 10.6 Å². The zero-order valence-electron chi connectivity index (χ0n) is 14.2. The Morgan fingerprint density at radius 1 is 1.19 bits per heavy atom. The minimum absolute atomic E-state index is 0.140. The SMILES string of the molecule is CSc1ccc(NC(=O)Cc2csc(NC(=O)c3ccoc3C)n2)cc1. The summed E-state index contributed by atoms with van der Waals surface area (Å²) in [6.07, 6.45) is 3.61. The maximum atomic E-state index is 12.1. The van der Waals surface area contributed by atoms with Gasteiger partial charge < -0.3 is 9.73 Å². The highest BCUT2D eigenvalue weighted by molar-refractivity contribution is 7.98. The number of hydrogen-bond donors (Lipinski definition) is 2. The van der Waals surface area contributed by atoms with Gasteiger partial charge in [-0.2, -0.15) is 0 Å². The molecule has 1 aromatic carbocycles. The first-order chi connectivity index (χ1) is 12.5. The summed E-state index contributed by atoms with van der Waals surface area (Å²) >= 11 is 2.92. The molecule has 0 saturated carbocycles. The van der Waals surface area contributed by atoms with Crippen LogP contribution in [0.2, 0.25) is 0 Å². The molecule has 0 saturated heterocycles. The van der Waals surface area contributed by atoms with Crippen LogP contribution >= 0.6 is 23.1 Å². The van der Waals surface area contributed by atoms with Crippen molar-refractivity contribution in [2.24, 2.45) is 0 Å². The molecular formula is C18H17N3O3S2. The van der Waals surface area contributed by atoms with Gasteiger partial charge in [-0.05, 0) is 43.5 Å². The van der Waals surface area contributed by atoms with E-state index in [0.717, 1.165) is 10.6 Å². The van der Waals surface area contributed by atoms with E-state index in [0.29, 0.717) is 22.1 Å². The van der Waals surface area contributed by atoms with Gasteiger partial charge in [-0.1, -0.05) is 0 Å². The Bertz CT molecular complexity index is 916. The number of carbonyl (C=O) groups excluding carboxylic acids is 2. The van der Waals surface area contributed by atoms with E-state index >= 15 is 0 Å². The Morgan fingerprint density at radius 3 is 2.62 bits per heavy atom. The smallest absolute Gasteiger partial charge is 0.260 e. The van der Waals surface area contributed by atoms with Crippen molar-refractivity contribution in [2.75, 3.05) is 16.9 Å². The summed E-state index contributed by atoms with van der Waals surface area (Å²) in [7, 11) is 0. The molecule has 3 rings (SSSR count). The maximum Gasteiger partial charge on any atom is 0.260 e. The molecule has 0 aliphatic carbocycles. The zero-order chi connectivity index (χ0) is 18.5. The van der Waals surface area contributed by atoms with E-state index in [1.807, 2.05) is 30.5 Å². The predicted octanol–water partition coefficient (Wildman–Crippen LogP) is 4.20. The van der Waals surface area contributed by atoms with Crippen LogP contribution in [0.15, 0.2) is 51.3 Å². The highest BCUT2D eigenvalue weighted by Gasteiger charge is 2.14. The predicted molar refractivity (Wildman–Crippen MR) is 104 cm³/mol. The highest BCUT2D eigenvalue weighted by Crippen LogP contribution is 2.20. The number of thiazole rings is 1. The van der Waals surface area contributed by atoms with Crippen LogP contribution in [0.5, 0.6) is 0 Å². The summed E-state index contributed by atoms with van der Waals surface area (Å²) < 4.78 is 5.12. The number of amides is 2. The Morgan fingerprint density at radius 2 is 1.96 bits per heavy atom. The highest BCUT2D eigenvalue weighted by atomic mass is 32.2. The second kappa shape index (κ2) is 8.20. The lowest BCUT2D eigenvalue weighted by Crippen LogP contribution is -2.15. The van der Waals surface area contributed by atoms with Crippen molar-refractivity contribution in [1.82, 2.24) is 4.98 Å². The summed E-state index contributed by atoms with van der Waals surface area (Å²) in [6, 6.07) is 9.24. The Kier molecular flexibility index (Phi) is 5.75. The van der Waals surface area contributed by atoms with Crippen LogP contribution in [-0.2, 0) is 11.2 Å². The Balaban J connectivity index is 1.56. The molecule has 0 bridgehead atoms. The number of carbonyl (C=O) groups is 2. The first-order valence-electron chi connectivity index (χ1n) is 7.79.